The molecule has 1 nitrogen and oxygen atoms in total. The first-order chi connectivity index (χ1) is 11.2. The van der Waals surface area contributed by atoms with E-state index in [1.54, 1.807) is 7.11 Å². The Balaban J connectivity index is 0.00000225. The predicted octanol–water partition coefficient (Wildman–Crippen LogP) is 0.463. The van der Waals surface area contributed by atoms with Crippen molar-refractivity contribution in [2.24, 2.45) is 0 Å². The summed E-state index contributed by atoms with van der Waals surface area (Å²) >= 11 is 0. The maximum absolute atomic E-state index is 5.95. The van der Waals surface area contributed by atoms with E-state index < -0.39 is 0 Å². The molecule has 0 aliphatic heterocycles. The summed E-state index contributed by atoms with van der Waals surface area (Å²) in [5, 5.41) is 2.58. The van der Waals surface area contributed by atoms with Crippen LogP contribution in [-0.4, -0.2) is 7.11 Å². The van der Waals surface area contributed by atoms with Crippen LogP contribution in [0.5, 0.6) is 5.75 Å². The molecule has 0 atom stereocenters. The van der Waals surface area contributed by atoms with Crippen molar-refractivity contribution in [1.82, 2.24) is 0 Å². The molecule has 0 saturated carbocycles. The van der Waals surface area contributed by atoms with Gasteiger partial charge in [0.15, 0.2) is 0 Å². The van der Waals surface area contributed by atoms with Crippen molar-refractivity contribution < 1.29 is 55.4 Å². The summed E-state index contributed by atoms with van der Waals surface area (Å²) in [7, 11) is 1.79. The molecule has 0 bridgehead atoms. The van der Waals surface area contributed by atoms with Gasteiger partial charge in [-0.2, -0.15) is 6.07 Å². The Hall–Kier alpha value is -0.700. The van der Waals surface area contributed by atoms with Crippen LogP contribution in [-0.2, 0) is 31.3 Å². The molecule has 27 heavy (non-hydrogen) atoms. The van der Waals surface area contributed by atoms with E-state index in [0.717, 1.165) is 5.75 Å². The van der Waals surface area contributed by atoms with Crippen LogP contribution in [0, 0.1) is 20.8 Å². The molecule has 146 valence electrons. The van der Waals surface area contributed by atoms with Gasteiger partial charge >= 0.3 is 0 Å². The van der Waals surface area contributed by atoms with Crippen LogP contribution >= 0.6 is 0 Å². The van der Waals surface area contributed by atoms with Gasteiger partial charge in [-0.15, -0.1) is 28.5 Å². The quantitative estimate of drug-likeness (QED) is 0.323. The molecule has 0 fully saturated rings. The van der Waals surface area contributed by atoms with Crippen LogP contribution in [0.3, 0.4) is 0 Å². The molecule has 0 aliphatic carbocycles. The van der Waals surface area contributed by atoms with E-state index >= 15 is 0 Å². The number of ether oxygens (including phenoxy) is 1. The number of rotatable bonds is 2. The zero-order valence-electron chi connectivity index (χ0n) is 17.1. The number of aryl methyl sites for hydroxylation is 3. The summed E-state index contributed by atoms with van der Waals surface area (Å²) in [6.07, 6.45) is 0. The number of halogens is 2. The van der Waals surface area contributed by atoms with Crippen LogP contribution < -0.4 is 29.6 Å². The summed E-state index contributed by atoms with van der Waals surface area (Å²) in [6.45, 7) is 13.2. The van der Waals surface area contributed by atoms with Gasteiger partial charge in [-0.3, -0.25) is 0 Å². The fraction of sp³-hybridized carbons (Fsp3) is 0.348. The summed E-state index contributed by atoms with van der Waals surface area (Å²) < 4.78 is 5.95. The number of methoxy groups -OCH3 is 1. The fourth-order valence-electron chi connectivity index (χ4n) is 3.66. The molecule has 0 heterocycles. The first-order valence-corrected chi connectivity index (χ1v) is 8.58. The van der Waals surface area contributed by atoms with Gasteiger partial charge in [0.05, 0.1) is 7.11 Å². The molecular formula is C23H27Cl2HfO-3. The van der Waals surface area contributed by atoms with Crippen LogP contribution in [0.4, 0.5) is 0 Å². The molecule has 0 unspecified atom stereocenters. The molecule has 0 amide bonds. The van der Waals surface area contributed by atoms with Crippen LogP contribution in [0.2, 0.25) is 0 Å². The van der Waals surface area contributed by atoms with E-state index in [9.17, 15) is 0 Å². The molecule has 0 aliphatic rings. The summed E-state index contributed by atoms with van der Waals surface area (Å²) in [5.41, 5.74) is 7.61. The van der Waals surface area contributed by atoms with Gasteiger partial charge in [0, 0.05) is 25.8 Å². The first kappa shape index (κ1) is 26.3. The normalized spacial score (nSPS) is 10.6. The maximum atomic E-state index is 5.95. The second kappa shape index (κ2) is 9.67. The third kappa shape index (κ3) is 5.22. The van der Waals surface area contributed by atoms with Gasteiger partial charge in [0.1, 0.15) is 5.75 Å². The summed E-state index contributed by atoms with van der Waals surface area (Å²) in [4.78, 5) is 0. The van der Waals surface area contributed by atoms with Crippen LogP contribution in [0.1, 0.15) is 43.0 Å². The fourth-order valence-corrected chi connectivity index (χ4v) is 3.66. The second-order valence-electron chi connectivity index (χ2n) is 7.99. The van der Waals surface area contributed by atoms with Crippen molar-refractivity contribution in [3.63, 3.8) is 0 Å². The molecule has 4 heteroatoms. The zero-order chi connectivity index (χ0) is 17.6. The molecule has 3 aromatic carbocycles. The van der Waals surface area contributed by atoms with Crippen molar-refractivity contribution >= 4 is 10.8 Å². The van der Waals surface area contributed by atoms with Gasteiger partial charge < -0.3 is 29.6 Å². The smallest absolute Gasteiger partial charge is 0.111 e. The summed E-state index contributed by atoms with van der Waals surface area (Å²) in [5.74, 6) is 1.01. The monoisotopic (exact) mass is 569 g/mol. The van der Waals surface area contributed by atoms with Crippen molar-refractivity contribution in [1.29, 1.82) is 0 Å². The number of hydrogen-bond donors (Lipinski definition) is 0. The largest absolute Gasteiger partial charge is 1.00 e. The van der Waals surface area contributed by atoms with Crippen molar-refractivity contribution in [3.8, 4) is 16.9 Å². The zero-order valence-corrected chi connectivity index (χ0v) is 22.2. The standard InChI is InChI=1S/C23H27O.2ClH.Hf/c1-14-8-15(2)11-18(10-14)21-19-12-16(3)9-17(19)13-20(22(21)24-7)23(4,5)6;;;/h8-13H,1-7H3;2*1H;/q-1;;;/p-2. The molecule has 0 saturated heterocycles. The van der Waals surface area contributed by atoms with Gasteiger partial charge in [0.25, 0.3) is 0 Å². The van der Waals surface area contributed by atoms with Crippen molar-refractivity contribution in [2.45, 2.75) is 47.0 Å². The van der Waals surface area contributed by atoms with Crippen LogP contribution in [0.25, 0.3) is 21.9 Å². The van der Waals surface area contributed by atoms with E-state index in [1.807, 2.05) is 0 Å². The number of hydrogen-bond acceptors (Lipinski definition) is 1. The van der Waals surface area contributed by atoms with E-state index in [0.29, 0.717) is 0 Å². The Morgan fingerprint density at radius 1 is 0.852 bits per heavy atom. The van der Waals surface area contributed by atoms with Crippen LogP contribution in [0.15, 0.2) is 36.4 Å². The Bertz CT molecular complexity index is 900. The Labute approximate surface area is 194 Å². The predicted molar refractivity (Wildman–Crippen MR) is 104 cm³/mol. The van der Waals surface area contributed by atoms with E-state index in [-0.39, 0.29) is 56.1 Å². The Kier molecular flexibility index (Phi) is 9.42. The third-order valence-electron chi connectivity index (χ3n) is 4.63. The topological polar surface area (TPSA) is 9.23 Å². The van der Waals surface area contributed by atoms with Gasteiger partial charge in [-0.05, 0) is 36.0 Å². The van der Waals surface area contributed by atoms with Gasteiger partial charge in [-0.1, -0.05) is 57.0 Å². The third-order valence-corrected chi connectivity index (χ3v) is 4.63. The molecule has 0 N–H and O–H groups in total. The van der Waals surface area contributed by atoms with E-state index in [1.165, 1.54) is 44.2 Å². The average Bonchev–Trinajstić information content (AvgIpc) is 2.82. The SMILES string of the molecule is COc1c(C(C)(C)C)cc2[cH-]c(C)cc2c1-c1cc(C)cc(C)c1.[Cl-].[Cl-].[Hf]. The molecule has 3 rings (SSSR count). The minimum atomic E-state index is 0. The minimum absolute atomic E-state index is 0. The van der Waals surface area contributed by atoms with E-state index in [4.69, 9.17) is 4.74 Å². The van der Waals surface area contributed by atoms with Crippen molar-refractivity contribution in [3.05, 3.63) is 58.7 Å². The molecular weight excluding hydrogens is 542 g/mol. The average molecular weight is 569 g/mol. The number of benzene rings is 2. The molecule has 3 aromatic rings. The minimum Gasteiger partial charge on any atom is -1.00 e. The van der Waals surface area contributed by atoms with Gasteiger partial charge in [-0.25, -0.2) is 0 Å². The van der Waals surface area contributed by atoms with Crippen molar-refractivity contribution in [2.75, 3.05) is 7.11 Å². The van der Waals surface area contributed by atoms with E-state index in [2.05, 4.69) is 77.9 Å². The van der Waals surface area contributed by atoms with Gasteiger partial charge in [0.2, 0.25) is 0 Å². The molecule has 0 aromatic heterocycles. The second-order valence-corrected chi connectivity index (χ2v) is 7.99. The maximum Gasteiger partial charge on any atom is 0.111 e. The molecule has 0 spiro atoms. The summed E-state index contributed by atoms with van der Waals surface area (Å²) in [6, 6.07) is 13.6. The number of fused-ring (bicyclic) bond motifs is 1. The Morgan fingerprint density at radius 2 is 1.41 bits per heavy atom. The molecule has 0 radical (unpaired) electrons. The first-order valence-electron chi connectivity index (χ1n) is 8.58. The Morgan fingerprint density at radius 3 is 1.89 bits per heavy atom.